The van der Waals surface area contributed by atoms with Gasteiger partial charge in [0.05, 0.1) is 29.1 Å². The molecule has 7 heteroatoms. The number of carbonyl (C=O) groups excluding carboxylic acids is 1. The smallest absolute Gasteiger partial charge is 0.258 e. The van der Waals surface area contributed by atoms with Crippen LogP contribution in [-0.4, -0.2) is 18.2 Å². The average molecular weight is 394 g/mol. The molecule has 0 bridgehead atoms. The van der Waals surface area contributed by atoms with E-state index in [1.807, 2.05) is 13.8 Å². The van der Waals surface area contributed by atoms with Crippen LogP contribution >= 0.6 is 0 Å². The summed E-state index contributed by atoms with van der Waals surface area (Å²) in [5.41, 5.74) is 7.39. The van der Waals surface area contributed by atoms with Crippen LogP contribution in [0.1, 0.15) is 26.3 Å². The number of amides is 1. The van der Waals surface area contributed by atoms with Crippen molar-refractivity contribution in [2.24, 2.45) is 16.6 Å². The molecule has 0 aliphatic rings. The second kappa shape index (κ2) is 10.0. The maximum absolute atomic E-state index is 13.0. The van der Waals surface area contributed by atoms with E-state index in [0.29, 0.717) is 40.9 Å². The van der Waals surface area contributed by atoms with E-state index < -0.39 is 5.91 Å². The van der Waals surface area contributed by atoms with Gasteiger partial charge < -0.3 is 15.8 Å². The van der Waals surface area contributed by atoms with Crippen molar-refractivity contribution < 1.29 is 13.9 Å². The van der Waals surface area contributed by atoms with Crippen molar-refractivity contribution in [1.29, 1.82) is 5.26 Å². The Kier molecular flexibility index (Phi) is 7.49. The number of nitrogens with one attached hydrogen (secondary N) is 1. The van der Waals surface area contributed by atoms with Crippen LogP contribution in [0.4, 0.5) is 15.8 Å². The van der Waals surface area contributed by atoms with Crippen molar-refractivity contribution in [3.8, 4) is 11.8 Å². The Morgan fingerprint density at radius 3 is 2.59 bits per heavy atom. The fourth-order valence-electron chi connectivity index (χ4n) is 2.41. The topological polar surface area (TPSA) is 100 Å². The third-order valence-electron chi connectivity index (χ3n) is 3.85. The van der Waals surface area contributed by atoms with Gasteiger partial charge in [-0.1, -0.05) is 13.8 Å². The third kappa shape index (κ3) is 6.18. The normalized spacial score (nSPS) is 11.9. The van der Waals surface area contributed by atoms with Crippen molar-refractivity contribution in [1.82, 2.24) is 0 Å². The van der Waals surface area contributed by atoms with Gasteiger partial charge in [0, 0.05) is 11.9 Å². The van der Waals surface area contributed by atoms with Crippen LogP contribution in [0.25, 0.3) is 0 Å². The van der Waals surface area contributed by atoms with Crippen LogP contribution in [0.5, 0.6) is 5.75 Å². The highest BCUT2D eigenvalue weighted by Gasteiger charge is 2.14. The van der Waals surface area contributed by atoms with Gasteiger partial charge in [-0.15, -0.1) is 0 Å². The summed E-state index contributed by atoms with van der Waals surface area (Å²) in [4.78, 5) is 16.9. The summed E-state index contributed by atoms with van der Waals surface area (Å²) in [6.07, 6.45) is 1.16. The number of rotatable bonds is 7. The first-order chi connectivity index (χ1) is 13.8. The number of hydrogen-bond donors (Lipinski definition) is 2. The van der Waals surface area contributed by atoms with Gasteiger partial charge in [-0.3, -0.25) is 9.79 Å². The number of hydrogen-bond acceptors (Lipinski definition) is 5. The molecule has 150 valence electrons. The van der Waals surface area contributed by atoms with Gasteiger partial charge >= 0.3 is 0 Å². The summed E-state index contributed by atoms with van der Waals surface area (Å²) in [7, 11) is 0. The number of ether oxygens (including phenoxy) is 1. The molecule has 29 heavy (non-hydrogen) atoms. The number of benzene rings is 2. The van der Waals surface area contributed by atoms with E-state index in [9.17, 15) is 14.4 Å². The largest absolute Gasteiger partial charge is 0.492 e. The Morgan fingerprint density at radius 1 is 1.31 bits per heavy atom. The van der Waals surface area contributed by atoms with E-state index in [2.05, 4.69) is 16.4 Å². The molecule has 0 aliphatic carbocycles. The quantitative estimate of drug-likeness (QED) is 0.540. The molecule has 6 nitrogen and oxygen atoms in total. The van der Waals surface area contributed by atoms with Gasteiger partial charge in [-0.2, -0.15) is 5.26 Å². The minimum atomic E-state index is -0.476. The molecule has 2 aromatic rings. The molecule has 1 amide bonds. The van der Waals surface area contributed by atoms with Gasteiger partial charge in [-0.05, 0) is 55.3 Å². The van der Waals surface area contributed by atoms with Crippen molar-refractivity contribution in [2.45, 2.75) is 20.8 Å². The molecule has 0 unspecified atom stereocenters. The lowest BCUT2D eigenvalue weighted by Crippen LogP contribution is -2.20. The zero-order chi connectivity index (χ0) is 21.4. The van der Waals surface area contributed by atoms with Gasteiger partial charge in [0.1, 0.15) is 17.6 Å². The fraction of sp³-hybridized carbons (Fsp3) is 0.227. The molecule has 0 radical (unpaired) electrons. The predicted molar refractivity (Wildman–Crippen MR) is 112 cm³/mol. The van der Waals surface area contributed by atoms with E-state index in [1.165, 1.54) is 30.3 Å². The molecule has 0 saturated carbocycles. The molecule has 0 atom stereocenters. The molecule has 2 rings (SSSR count). The standard InChI is InChI=1S/C22H23FN4O2/c1-14(2)13-29-21-9-8-19(10-16(21)11-24)27-22(28)20(12-25)15(3)26-18-6-4-17(23)5-7-18/h4-10,12,14H,13,25H2,1-3H3,(H,27,28). The predicted octanol–water partition coefficient (Wildman–Crippen LogP) is 4.31. The van der Waals surface area contributed by atoms with E-state index in [0.717, 1.165) is 6.20 Å². The number of anilines is 1. The Balaban J connectivity index is 2.17. The molecule has 0 fully saturated rings. The monoisotopic (exact) mass is 394 g/mol. The van der Waals surface area contributed by atoms with Crippen LogP contribution < -0.4 is 15.8 Å². The van der Waals surface area contributed by atoms with Crippen molar-refractivity contribution in [2.75, 3.05) is 11.9 Å². The molecule has 0 aliphatic heterocycles. The number of nitriles is 1. The molecule has 0 spiro atoms. The summed E-state index contributed by atoms with van der Waals surface area (Å²) in [6.45, 7) is 6.14. The summed E-state index contributed by atoms with van der Waals surface area (Å²) < 4.78 is 18.6. The third-order valence-corrected chi connectivity index (χ3v) is 3.85. The maximum atomic E-state index is 13.0. The Morgan fingerprint density at radius 2 is 2.00 bits per heavy atom. The van der Waals surface area contributed by atoms with Gasteiger partial charge in [0.15, 0.2) is 0 Å². The number of nitrogens with zero attached hydrogens (tertiary/aromatic N) is 2. The maximum Gasteiger partial charge on any atom is 0.258 e. The van der Waals surface area contributed by atoms with Crippen LogP contribution in [0.3, 0.4) is 0 Å². The van der Waals surface area contributed by atoms with Crippen molar-refractivity contribution in [3.63, 3.8) is 0 Å². The summed E-state index contributed by atoms with van der Waals surface area (Å²) in [5.74, 6) is -0.0666. The zero-order valence-corrected chi connectivity index (χ0v) is 16.6. The van der Waals surface area contributed by atoms with Crippen molar-refractivity contribution >= 4 is 23.0 Å². The Bertz CT molecular complexity index is 973. The Labute approximate surface area is 169 Å². The van der Waals surface area contributed by atoms with Crippen LogP contribution in [0.15, 0.2) is 59.2 Å². The number of aliphatic imine (C=N–C) groups is 1. The number of nitrogens with two attached hydrogens (primary N) is 1. The Hall–Kier alpha value is -3.66. The first-order valence-corrected chi connectivity index (χ1v) is 9.05. The molecular formula is C22H23FN4O2. The summed E-state index contributed by atoms with van der Waals surface area (Å²) >= 11 is 0. The van der Waals surface area contributed by atoms with Gasteiger partial charge in [0.25, 0.3) is 5.91 Å². The second-order valence-corrected chi connectivity index (χ2v) is 6.74. The van der Waals surface area contributed by atoms with E-state index >= 15 is 0 Å². The molecule has 0 heterocycles. The molecular weight excluding hydrogens is 371 g/mol. The first-order valence-electron chi connectivity index (χ1n) is 9.05. The summed E-state index contributed by atoms with van der Waals surface area (Å²) in [5, 5.41) is 12.1. The van der Waals surface area contributed by atoms with Gasteiger partial charge in [0.2, 0.25) is 0 Å². The van der Waals surface area contributed by atoms with E-state index in [-0.39, 0.29) is 11.4 Å². The molecule has 3 N–H and O–H groups in total. The summed E-state index contributed by atoms with van der Waals surface area (Å²) in [6, 6.07) is 12.5. The number of carbonyl (C=O) groups is 1. The SMILES string of the molecule is CC(=Nc1ccc(F)cc1)C(=CN)C(=O)Nc1ccc(OCC(C)C)c(C#N)c1. The highest BCUT2D eigenvalue weighted by molar-refractivity contribution is 6.25. The van der Waals surface area contributed by atoms with Gasteiger partial charge in [-0.25, -0.2) is 4.39 Å². The lowest BCUT2D eigenvalue weighted by atomic mass is 10.1. The lowest BCUT2D eigenvalue weighted by Gasteiger charge is -2.12. The fourth-order valence-corrected chi connectivity index (χ4v) is 2.41. The zero-order valence-electron chi connectivity index (χ0n) is 16.6. The highest BCUT2D eigenvalue weighted by Crippen LogP contribution is 2.23. The van der Waals surface area contributed by atoms with Crippen molar-refractivity contribution in [3.05, 3.63) is 65.6 Å². The average Bonchev–Trinajstić information content (AvgIpc) is 2.69. The van der Waals surface area contributed by atoms with Crippen LogP contribution in [0.2, 0.25) is 0 Å². The number of halogens is 1. The van der Waals surface area contributed by atoms with E-state index in [1.54, 1.807) is 19.1 Å². The minimum Gasteiger partial charge on any atom is -0.492 e. The minimum absolute atomic E-state index is 0.160. The molecule has 0 saturated heterocycles. The highest BCUT2D eigenvalue weighted by atomic mass is 19.1. The van der Waals surface area contributed by atoms with E-state index in [4.69, 9.17) is 10.5 Å². The second-order valence-electron chi connectivity index (χ2n) is 6.74. The van der Waals surface area contributed by atoms with Crippen LogP contribution in [-0.2, 0) is 4.79 Å². The lowest BCUT2D eigenvalue weighted by molar-refractivity contribution is -0.112. The molecule has 0 aromatic heterocycles. The van der Waals surface area contributed by atoms with Crippen LogP contribution in [0, 0.1) is 23.1 Å². The first kappa shape index (κ1) is 21.6. The molecule has 2 aromatic carbocycles.